The second kappa shape index (κ2) is 6.06. The smallest absolute Gasteiger partial charge is 0.0594 e. The molecule has 1 saturated heterocycles. The summed E-state index contributed by atoms with van der Waals surface area (Å²) >= 11 is 0. The maximum Gasteiger partial charge on any atom is 0.0594 e. The molecule has 0 N–H and O–H groups in total. The van der Waals surface area contributed by atoms with Crippen molar-refractivity contribution in [3.05, 3.63) is 35.4 Å². The lowest BCUT2D eigenvalue weighted by atomic mass is 9.84. The second-order valence-corrected chi connectivity index (χ2v) is 6.84. The molecule has 1 atom stereocenters. The van der Waals surface area contributed by atoms with Gasteiger partial charge >= 0.3 is 0 Å². The number of morpholine rings is 1. The summed E-state index contributed by atoms with van der Waals surface area (Å²) < 4.78 is 5.49. The Bertz CT molecular complexity index is 385. The Morgan fingerprint density at radius 1 is 1.11 bits per heavy atom. The standard InChI is InChI=1S/C17H27NO/c1-14-5-7-15(8-6-14)16(13-17(2,3)4)18-9-11-19-12-10-18/h5-8,16H,9-13H2,1-4H3. The van der Waals surface area contributed by atoms with E-state index in [1.165, 1.54) is 17.5 Å². The summed E-state index contributed by atoms with van der Waals surface area (Å²) in [6.45, 7) is 13.0. The molecule has 1 unspecified atom stereocenters. The highest BCUT2D eigenvalue weighted by Crippen LogP contribution is 2.34. The maximum absolute atomic E-state index is 5.49. The Hall–Kier alpha value is -0.860. The van der Waals surface area contributed by atoms with E-state index in [9.17, 15) is 0 Å². The first kappa shape index (κ1) is 14.5. The first-order valence-corrected chi connectivity index (χ1v) is 7.34. The van der Waals surface area contributed by atoms with Crippen molar-refractivity contribution in [2.45, 2.75) is 40.2 Å². The minimum atomic E-state index is 0.341. The van der Waals surface area contributed by atoms with E-state index in [0.717, 1.165) is 26.3 Å². The fourth-order valence-electron chi connectivity index (χ4n) is 2.72. The van der Waals surface area contributed by atoms with Gasteiger partial charge in [-0.2, -0.15) is 0 Å². The summed E-state index contributed by atoms with van der Waals surface area (Å²) in [6.07, 6.45) is 1.19. The molecule has 0 radical (unpaired) electrons. The van der Waals surface area contributed by atoms with Gasteiger partial charge in [0.05, 0.1) is 13.2 Å². The molecule has 1 aliphatic rings. The van der Waals surface area contributed by atoms with Gasteiger partial charge in [0.1, 0.15) is 0 Å². The zero-order valence-electron chi connectivity index (χ0n) is 12.8. The average Bonchev–Trinajstić information content (AvgIpc) is 2.37. The van der Waals surface area contributed by atoms with E-state index in [4.69, 9.17) is 4.74 Å². The maximum atomic E-state index is 5.49. The van der Waals surface area contributed by atoms with Gasteiger partial charge in [-0.15, -0.1) is 0 Å². The summed E-state index contributed by atoms with van der Waals surface area (Å²) in [7, 11) is 0. The van der Waals surface area contributed by atoms with Crippen molar-refractivity contribution in [1.29, 1.82) is 0 Å². The molecule has 2 rings (SSSR count). The minimum Gasteiger partial charge on any atom is -0.379 e. The monoisotopic (exact) mass is 261 g/mol. The SMILES string of the molecule is Cc1ccc(C(CC(C)(C)C)N2CCOCC2)cc1. The molecule has 2 heteroatoms. The van der Waals surface area contributed by atoms with Crippen molar-refractivity contribution in [3.8, 4) is 0 Å². The van der Waals surface area contributed by atoms with Crippen LogP contribution in [0.1, 0.15) is 44.4 Å². The van der Waals surface area contributed by atoms with Crippen molar-refractivity contribution in [2.75, 3.05) is 26.3 Å². The molecule has 1 fully saturated rings. The van der Waals surface area contributed by atoms with Crippen LogP contribution in [0.3, 0.4) is 0 Å². The average molecular weight is 261 g/mol. The molecule has 2 nitrogen and oxygen atoms in total. The molecule has 0 saturated carbocycles. The zero-order valence-corrected chi connectivity index (χ0v) is 12.8. The largest absolute Gasteiger partial charge is 0.379 e. The van der Waals surface area contributed by atoms with Crippen molar-refractivity contribution in [3.63, 3.8) is 0 Å². The topological polar surface area (TPSA) is 12.5 Å². The quantitative estimate of drug-likeness (QED) is 0.820. The van der Waals surface area contributed by atoms with Crippen LogP contribution >= 0.6 is 0 Å². The molecular formula is C17H27NO. The van der Waals surface area contributed by atoms with Crippen LogP contribution in [0.4, 0.5) is 0 Å². The summed E-state index contributed by atoms with van der Waals surface area (Å²) in [5.74, 6) is 0. The number of nitrogens with zero attached hydrogens (tertiary/aromatic N) is 1. The summed E-state index contributed by atoms with van der Waals surface area (Å²) in [5, 5.41) is 0. The molecule has 0 aliphatic carbocycles. The summed E-state index contributed by atoms with van der Waals surface area (Å²) in [5.41, 5.74) is 3.12. The molecule has 106 valence electrons. The van der Waals surface area contributed by atoms with Gasteiger partial charge in [-0.1, -0.05) is 50.6 Å². The third kappa shape index (κ3) is 4.32. The van der Waals surface area contributed by atoms with Crippen molar-refractivity contribution >= 4 is 0 Å². The number of rotatable bonds is 3. The normalized spacial score (nSPS) is 19.4. The Labute approximate surface area is 117 Å². The Balaban J connectivity index is 2.19. The van der Waals surface area contributed by atoms with Gasteiger partial charge in [0, 0.05) is 19.1 Å². The molecule has 1 aromatic rings. The van der Waals surface area contributed by atoms with Crippen LogP contribution < -0.4 is 0 Å². The van der Waals surface area contributed by atoms with Crippen LogP contribution in [0, 0.1) is 12.3 Å². The highest BCUT2D eigenvalue weighted by molar-refractivity contribution is 5.24. The number of hydrogen-bond acceptors (Lipinski definition) is 2. The van der Waals surface area contributed by atoms with Crippen LogP contribution in [0.25, 0.3) is 0 Å². The fraction of sp³-hybridized carbons (Fsp3) is 0.647. The van der Waals surface area contributed by atoms with E-state index in [0.29, 0.717) is 11.5 Å². The van der Waals surface area contributed by atoms with Crippen LogP contribution in [0.5, 0.6) is 0 Å². The number of aryl methyl sites for hydroxylation is 1. The predicted octanol–water partition coefficient (Wildman–Crippen LogP) is 3.80. The van der Waals surface area contributed by atoms with Gasteiger partial charge in [-0.05, 0) is 24.3 Å². The lowest BCUT2D eigenvalue weighted by Crippen LogP contribution is -2.40. The van der Waals surface area contributed by atoms with Crippen molar-refractivity contribution < 1.29 is 4.74 Å². The van der Waals surface area contributed by atoms with Gasteiger partial charge in [-0.3, -0.25) is 4.90 Å². The van der Waals surface area contributed by atoms with Crippen LogP contribution in [-0.4, -0.2) is 31.2 Å². The van der Waals surface area contributed by atoms with Gasteiger partial charge in [0.15, 0.2) is 0 Å². The molecule has 0 amide bonds. The zero-order chi connectivity index (χ0) is 13.9. The van der Waals surface area contributed by atoms with Crippen LogP contribution in [0.2, 0.25) is 0 Å². The highest BCUT2D eigenvalue weighted by atomic mass is 16.5. The Morgan fingerprint density at radius 3 is 2.21 bits per heavy atom. The van der Waals surface area contributed by atoms with Crippen molar-refractivity contribution in [2.24, 2.45) is 5.41 Å². The molecule has 0 spiro atoms. The third-order valence-electron chi connectivity index (χ3n) is 3.75. The number of ether oxygens (including phenoxy) is 1. The molecule has 1 heterocycles. The molecular weight excluding hydrogens is 234 g/mol. The second-order valence-electron chi connectivity index (χ2n) is 6.84. The highest BCUT2D eigenvalue weighted by Gasteiger charge is 2.27. The van der Waals surface area contributed by atoms with E-state index in [-0.39, 0.29) is 0 Å². The number of hydrogen-bond donors (Lipinski definition) is 0. The Kier molecular flexibility index (Phi) is 4.64. The molecule has 1 aromatic carbocycles. The van der Waals surface area contributed by atoms with E-state index in [1.54, 1.807) is 0 Å². The molecule has 1 aliphatic heterocycles. The fourth-order valence-corrected chi connectivity index (χ4v) is 2.72. The van der Waals surface area contributed by atoms with E-state index in [1.807, 2.05) is 0 Å². The van der Waals surface area contributed by atoms with E-state index >= 15 is 0 Å². The number of benzene rings is 1. The molecule has 0 bridgehead atoms. The van der Waals surface area contributed by atoms with Gasteiger partial charge in [0.2, 0.25) is 0 Å². The lowest BCUT2D eigenvalue weighted by Gasteiger charge is -2.38. The lowest BCUT2D eigenvalue weighted by molar-refractivity contribution is 0.00709. The van der Waals surface area contributed by atoms with E-state index in [2.05, 4.69) is 56.9 Å². The van der Waals surface area contributed by atoms with Crippen LogP contribution in [0.15, 0.2) is 24.3 Å². The first-order chi connectivity index (χ1) is 8.96. The summed E-state index contributed by atoms with van der Waals surface area (Å²) in [4.78, 5) is 2.58. The predicted molar refractivity (Wildman–Crippen MR) is 80.4 cm³/mol. The first-order valence-electron chi connectivity index (χ1n) is 7.34. The summed E-state index contributed by atoms with van der Waals surface area (Å²) in [6, 6.07) is 9.56. The van der Waals surface area contributed by atoms with Gasteiger partial charge in [-0.25, -0.2) is 0 Å². The third-order valence-corrected chi connectivity index (χ3v) is 3.75. The van der Waals surface area contributed by atoms with Gasteiger partial charge in [0.25, 0.3) is 0 Å². The molecule has 19 heavy (non-hydrogen) atoms. The van der Waals surface area contributed by atoms with Gasteiger partial charge < -0.3 is 4.74 Å². The molecule has 0 aromatic heterocycles. The van der Waals surface area contributed by atoms with Crippen LogP contribution in [-0.2, 0) is 4.74 Å². The minimum absolute atomic E-state index is 0.341. The van der Waals surface area contributed by atoms with E-state index < -0.39 is 0 Å². The Morgan fingerprint density at radius 2 is 1.68 bits per heavy atom. The van der Waals surface area contributed by atoms with Crippen molar-refractivity contribution in [1.82, 2.24) is 4.90 Å².